The average molecular weight is 454 g/mol. The monoisotopic (exact) mass is 453 g/mol. The largest absolute Gasteiger partial charge is 0.464 e. The SMILES string of the molecule is Cc1ccc(CN(CCc2ccccc2)C(=O)CN(C(=O)NC(C)(C)C)C2CCCCC2)o1. The fraction of sp³-hybridized carbons (Fsp3) is 0.556. The Balaban J connectivity index is 1.75. The van der Waals surface area contributed by atoms with Gasteiger partial charge in [-0.25, -0.2) is 4.79 Å². The van der Waals surface area contributed by atoms with Gasteiger partial charge in [-0.15, -0.1) is 0 Å². The fourth-order valence-electron chi connectivity index (χ4n) is 4.36. The van der Waals surface area contributed by atoms with Crippen molar-refractivity contribution >= 4 is 11.9 Å². The number of hydrogen-bond acceptors (Lipinski definition) is 3. The zero-order valence-corrected chi connectivity index (χ0v) is 20.6. The van der Waals surface area contributed by atoms with Gasteiger partial charge in [0.2, 0.25) is 5.91 Å². The number of hydrogen-bond donors (Lipinski definition) is 1. The molecule has 6 heteroatoms. The van der Waals surface area contributed by atoms with Crippen LogP contribution in [0.4, 0.5) is 4.79 Å². The van der Waals surface area contributed by atoms with E-state index in [-0.39, 0.29) is 30.1 Å². The van der Waals surface area contributed by atoms with Gasteiger partial charge in [0.15, 0.2) is 0 Å². The zero-order valence-electron chi connectivity index (χ0n) is 20.6. The molecule has 1 N–H and O–H groups in total. The smallest absolute Gasteiger partial charge is 0.318 e. The van der Waals surface area contributed by atoms with Gasteiger partial charge < -0.3 is 19.5 Å². The van der Waals surface area contributed by atoms with Crippen LogP contribution >= 0.6 is 0 Å². The maximum absolute atomic E-state index is 13.6. The molecule has 1 fully saturated rings. The van der Waals surface area contributed by atoms with Crippen LogP contribution < -0.4 is 5.32 Å². The van der Waals surface area contributed by atoms with Gasteiger partial charge in [-0.3, -0.25) is 4.79 Å². The van der Waals surface area contributed by atoms with Crippen LogP contribution in [0.1, 0.15) is 70.0 Å². The van der Waals surface area contributed by atoms with Gasteiger partial charge in [0.05, 0.1) is 6.54 Å². The summed E-state index contributed by atoms with van der Waals surface area (Å²) in [5.41, 5.74) is 0.826. The van der Waals surface area contributed by atoms with E-state index in [4.69, 9.17) is 4.42 Å². The Labute approximate surface area is 198 Å². The molecule has 0 bridgehead atoms. The number of furan rings is 1. The van der Waals surface area contributed by atoms with Crippen molar-refractivity contribution in [3.8, 4) is 0 Å². The lowest BCUT2D eigenvalue weighted by Crippen LogP contribution is -2.55. The summed E-state index contributed by atoms with van der Waals surface area (Å²) in [5.74, 6) is 1.54. The third-order valence-electron chi connectivity index (χ3n) is 6.07. The van der Waals surface area contributed by atoms with Crippen LogP contribution in [0.5, 0.6) is 0 Å². The van der Waals surface area contributed by atoms with Gasteiger partial charge in [-0.05, 0) is 64.7 Å². The van der Waals surface area contributed by atoms with Crippen molar-refractivity contribution in [1.29, 1.82) is 0 Å². The van der Waals surface area contributed by atoms with Gasteiger partial charge in [-0.1, -0.05) is 49.6 Å². The second-order valence-electron chi connectivity index (χ2n) is 10.2. The minimum absolute atomic E-state index is 0.0467. The summed E-state index contributed by atoms with van der Waals surface area (Å²) >= 11 is 0. The second-order valence-corrected chi connectivity index (χ2v) is 10.2. The van der Waals surface area contributed by atoms with Crippen molar-refractivity contribution in [3.63, 3.8) is 0 Å². The van der Waals surface area contributed by atoms with E-state index in [1.54, 1.807) is 4.90 Å². The standard InChI is InChI=1S/C27H39N3O3/c1-21-15-16-24(33-21)19-29(18-17-22-11-7-5-8-12-22)25(31)20-30(23-13-9-6-10-14-23)26(32)28-27(2,3)4/h5,7-8,11-12,15-16,23H,6,9-10,13-14,17-20H2,1-4H3,(H,28,32). The van der Waals surface area contributed by atoms with E-state index in [0.29, 0.717) is 13.1 Å². The summed E-state index contributed by atoms with van der Waals surface area (Å²) in [6.07, 6.45) is 6.05. The summed E-state index contributed by atoms with van der Waals surface area (Å²) in [6.45, 7) is 8.87. The number of urea groups is 1. The molecule has 33 heavy (non-hydrogen) atoms. The molecule has 0 saturated heterocycles. The predicted molar refractivity (Wildman–Crippen MR) is 131 cm³/mol. The summed E-state index contributed by atoms with van der Waals surface area (Å²) in [6, 6.07) is 14.0. The number of benzene rings is 1. The van der Waals surface area contributed by atoms with E-state index in [1.165, 1.54) is 12.0 Å². The normalized spacial score (nSPS) is 14.7. The van der Waals surface area contributed by atoms with Crippen molar-refractivity contribution in [3.05, 3.63) is 59.5 Å². The molecule has 2 aromatic rings. The van der Waals surface area contributed by atoms with Crippen LogP contribution in [0.2, 0.25) is 0 Å². The lowest BCUT2D eigenvalue weighted by atomic mass is 9.94. The van der Waals surface area contributed by atoms with Crippen molar-refractivity contribution in [2.45, 2.75) is 84.3 Å². The van der Waals surface area contributed by atoms with Crippen LogP contribution in [-0.4, -0.2) is 46.4 Å². The highest BCUT2D eigenvalue weighted by Gasteiger charge is 2.31. The number of nitrogens with one attached hydrogen (secondary N) is 1. The Morgan fingerprint density at radius 3 is 2.33 bits per heavy atom. The molecule has 6 nitrogen and oxygen atoms in total. The summed E-state index contributed by atoms with van der Waals surface area (Å²) in [5, 5.41) is 3.07. The molecule has 0 radical (unpaired) electrons. The lowest BCUT2D eigenvalue weighted by Gasteiger charge is -2.37. The summed E-state index contributed by atoms with van der Waals surface area (Å²) in [4.78, 5) is 30.3. The Kier molecular flexibility index (Phi) is 8.59. The van der Waals surface area contributed by atoms with Crippen molar-refractivity contribution in [2.24, 2.45) is 0 Å². The highest BCUT2D eigenvalue weighted by Crippen LogP contribution is 2.23. The maximum atomic E-state index is 13.6. The van der Waals surface area contributed by atoms with E-state index < -0.39 is 0 Å². The van der Waals surface area contributed by atoms with Crippen molar-refractivity contribution in [2.75, 3.05) is 13.1 Å². The number of amides is 3. The molecule has 0 atom stereocenters. The Morgan fingerprint density at radius 2 is 1.73 bits per heavy atom. The van der Waals surface area contributed by atoms with Crippen LogP contribution in [0.3, 0.4) is 0 Å². The lowest BCUT2D eigenvalue weighted by molar-refractivity contribution is -0.133. The van der Waals surface area contributed by atoms with Crippen LogP contribution in [0, 0.1) is 6.92 Å². The van der Waals surface area contributed by atoms with Crippen LogP contribution in [-0.2, 0) is 17.8 Å². The molecule has 1 heterocycles. The topological polar surface area (TPSA) is 65.8 Å². The minimum Gasteiger partial charge on any atom is -0.464 e. The highest BCUT2D eigenvalue weighted by atomic mass is 16.3. The molecule has 3 amide bonds. The molecule has 1 aromatic carbocycles. The zero-order chi connectivity index (χ0) is 23.8. The summed E-state index contributed by atoms with van der Waals surface area (Å²) < 4.78 is 5.76. The fourth-order valence-corrected chi connectivity index (χ4v) is 4.36. The molecule has 0 spiro atoms. The first kappa shape index (κ1) is 24.9. The summed E-state index contributed by atoms with van der Waals surface area (Å²) in [7, 11) is 0. The number of rotatable bonds is 8. The first-order valence-electron chi connectivity index (χ1n) is 12.2. The van der Waals surface area contributed by atoms with E-state index in [2.05, 4.69) is 17.4 Å². The van der Waals surface area contributed by atoms with Gasteiger partial charge in [0, 0.05) is 18.1 Å². The van der Waals surface area contributed by atoms with E-state index >= 15 is 0 Å². The quantitative estimate of drug-likeness (QED) is 0.590. The number of carbonyl (C=O) groups is 2. The minimum atomic E-state index is -0.355. The molecular formula is C27H39N3O3. The third-order valence-corrected chi connectivity index (χ3v) is 6.07. The van der Waals surface area contributed by atoms with Crippen molar-refractivity contribution < 1.29 is 14.0 Å². The Hall–Kier alpha value is -2.76. The van der Waals surface area contributed by atoms with E-state index in [9.17, 15) is 9.59 Å². The number of nitrogens with zero attached hydrogens (tertiary/aromatic N) is 2. The number of carbonyl (C=O) groups excluding carboxylic acids is 2. The average Bonchev–Trinajstić information content (AvgIpc) is 3.19. The molecule has 1 aromatic heterocycles. The second kappa shape index (κ2) is 11.4. The van der Waals surface area contributed by atoms with Crippen molar-refractivity contribution in [1.82, 2.24) is 15.1 Å². The van der Waals surface area contributed by atoms with Gasteiger partial charge in [-0.2, -0.15) is 0 Å². The van der Waals surface area contributed by atoms with Crippen LogP contribution in [0.25, 0.3) is 0 Å². The molecule has 1 aliphatic carbocycles. The van der Waals surface area contributed by atoms with E-state index in [0.717, 1.165) is 43.6 Å². The van der Waals surface area contributed by atoms with Gasteiger partial charge in [0.25, 0.3) is 0 Å². The molecule has 1 saturated carbocycles. The first-order chi connectivity index (χ1) is 15.7. The molecule has 180 valence electrons. The predicted octanol–water partition coefficient (Wildman–Crippen LogP) is 5.30. The molecule has 0 aliphatic heterocycles. The molecule has 3 rings (SSSR count). The van der Waals surface area contributed by atoms with Crippen LogP contribution in [0.15, 0.2) is 46.9 Å². The number of aryl methyl sites for hydroxylation is 1. The highest BCUT2D eigenvalue weighted by molar-refractivity contribution is 5.84. The van der Waals surface area contributed by atoms with Gasteiger partial charge >= 0.3 is 6.03 Å². The molecule has 1 aliphatic rings. The Morgan fingerprint density at radius 1 is 1.03 bits per heavy atom. The van der Waals surface area contributed by atoms with E-state index in [1.807, 2.05) is 62.9 Å². The van der Waals surface area contributed by atoms with Gasteiger partial charge in [0.1, 0.15) is 18.1 Å². The Bertz CT molecular complexity index is 895. The first-order valence-corrected chi connectivity index (χ1v) is 12.2. The molecular weight excluding hydrogens is 414 g/mol. The molecule has 0 unspecified atom stereocenters. The maximum Gasteiger partial charge on any atom is 0.318 e. The third kappa shape index (κ3) is 7.95.